The van der Waals surface area contributed by atoms with Crippen molar-refractivity contribution in [2.24, 2.45) is 16.6 Å². The quantitative estimate of drug-likeness (QED) is 0.587. The molecule has 0 amide bonds. The van der Waals surface area contributed by atoms with Gasteiger partial charge in [-0.3, -0.25) is 9.89 Å². The minimum absolute atomic E-state index is 0.108. The lowest BCUT2D eigenvalue weighted by Crippen LogP contribution is -2.26. The number of anilines is 1. The average molecular weight is 389 g/mol. The van der Waals surface area contributed by atoms with Crippen LogP contribution in [0.25, 0.3) is 0 Å². The van der Waals surface area contributed by atoms with Crippen LogP contribution < -0.4 is 11.1 Å². The summed E-state index contributed by atoms with van der Waals surface area (Å²) in [6.45, 7) is 3.66. The molecule has 0 aliphatic carbocycles. The second-order valence-corrected chi connectivity index (χ2v) is 7.46. The fourth-order valence-corrected chi connectivity index (χ4v) is 3.78. The highest BCUT2D eigenvalue weighted by Gasteiger charge is 2.33. The number of halogens is 2. The van der Waals surface area contributed by atoms with Gasteiger partial charge in [0.2, 0.25) is 0 Å². The highest BCUT2D eigenvalue weighted by atomic mass is 35.5. The van der Waals surface area contributed by atoms with E-state index in [1.54, 1.807) is 6.07 Å². The van der Waals surface area contributed by atoms with Crippen molar-refractivity contribution in [1.29, 1.82) is 0 Å². The van der Waals surface area contributed by atoms with Crippen LogP contribution in [-0.2, 0) is 6.42 Å². The van der Waals surface area contributed by atoms with Crippen LogP contribution in [0.2, 0.25) is 5.02 Å². The second-order valence-electron chi connectivity index (χ2n) is 7.05. The number of nitrogens with one attached hydrogen (secondary N) is 1. The maximum absolute atomic E-state index is 13.9. The van der Waals surface area contributed by atoms with Crippen LogP contribution in [0.3, 0.4) is 0 Å². The third kappa shape index (κ3) is 4.79. The van der Waals surface area contributed by atoms with Gasteiger partial charge >= 0.3 is 0 Å². The molecule has 0 aromatic heterocycles. The molecule has 2 unspecified atom stereocenters. The second kappa shape index (κ2) is 8.72. The summed E-state index contributed by atoms with van der Waals surface area (Å²) in [4.78, 5) is 6.76. The molecule has 2 atom stereocenters. The van der Waals surface area contributed by atoms with Gasteiger partial charge in [-0.05, 0) is 67.7 Å². The third-order valence-corrected chi connectivity index (χ3v) is 5.50. The Labute approximate surface area is 165 Å². The number of guanidine groups is 1. The number of hydrogen-bond donors (Lipinski definition) is 2. The molecule has 3 rings (SSSR count). The maximum Gasteiger partial charge on any atom is 0.193 e. The van der Waals surface area contributed by atoms with Gasteiger partial charge in [0.15, 0.2) is 5.96 Å². The van der Waals surface area contributed by atoms with Crippen LogP contribution in [0.4, 0.5) is 10.1 Å². The lowest BCUT2D eigenvalue weighted by atomic mass is 9.94. The molecule has 1 saturated heterocycles. The van der Waals surface area contributed by atoms with E-state index in [4.69, 9.17) is 17.3 Å². The molecule has 0 bridgehead atoms. The Morgan fingerprint density at radius 1 is 1.30 bits per heavy atom. The van der Waals surface area contributed by atoms with Gasteiger partial charge in [0.05, 0.1) is 5.02 Å². The monoisotopic (exact) mass is 388 g/mol. The van der Waals surface area contributed by atoms with Crippen molar-refractivity contribution < 1.29 is 4.39 Å². The van der Waals surface area contributed by atoms with Gasteiger partial charge in [0.25, 0.3) is 0 Å². The molecule has 1 fully saturated rings. The highest BCUT2D eigenvalue weighted by Crippen LogP contribution is 2.37. The number of nitrogens with zero attached hydrogens (tertiary/aromatic N) is 2. The Hall–Kier alpha value is -2.11. The molecule has 144 valence electrons. The van der Waals surface area contributed by atoms with Crippen LogP contribution in [-0.4, -0.2) is 31.0 Å². The number of rotatable bonds is 5. The predicted molar refractivity (Wildman–Crippen MR) is 111 cm³/mol. The molecular weight excluding hydrogens is 363 g/mol. The molecule has 1 aliphatic rings. The molecule has 0 saturated carbocycles. The molecule has 2 aromatic rings. The molecule has 4 nitrogen and oxygen atoms in total. The van der Waals surface area contributed by atoms with Crippen LogP contribution in [0.15, 0.2) is 47.5 Å². The SMILES string of the molecule is CCc1ccc(NC(N)=NCC2CCN(C)C2c2ccc(Cl)c(F)c2)cc1. The molecule has 1 heterocycles. The van der Waals surface area contributed by atoms with Gasteiger partial charge in [0.1, 0.15) is 5.82 Å². The molecular formula is C21H26ClFN4. The minimum Gasteiger partial charge on any atom is -0.370 e. The number of aliphatic imine (C=N–C) groups is 1. The largest absolute Gasteiger partial charge is 0.370 e. The molecule has 1 aliphatic heterocycles. The standard InChI is InChI=1S/C21H26ClFN4/c1-3-14-4-7-17(8-5-14)26-21(24)25-13-16-10-11-27(2)20(16)15-6-9-18(22)19(23)12-15/h4-9,12,16,20H,3,10-11,13H2,1-2H3,(H3,24,25,26). The zero-order chi connectivity index (χ0) is 19.4. The first-order valence-electron chi connectivity index (χ1n) is 9.29. The summed E-state index contributed by atoms with van der Waals surface area (Å²) in [6, 6.07) is 13.3. The zero-order valence-electron chi connectivity index (χ0n) is 15.8. The van der Waals surface area contributed by atoms with E-state index in [2.05, 4.69) is 41.3 Å². The summed E-state index contributed by atoms with van der Waals surface area (Å²) >= 11 is 5.82. The normalized spacial score (nSPS) is 20.8. The van der Waals surface area contributed by atoms with Gasteiger partial charge in [-0.25, -0.2) is 4.39 Å². The molecule has 27 heavy (non-hydrogen) atoms. The van der Waals surface area contributed by atoms with Crippen molar-refractivity contribution in [1.82, 2.24) is 4.90 Å². The summed E-state index contributed by atoms with van der Waals surface area (Å²) in [6.07, 6.45) is 2.00. The van der Waals surface area contributed by atoms with Crippen molar-refractivity contribution in [2.75, 3.05) is 25.5 Å². The van der Waals surface area contributed by atoms with Crippen LogP contribution in [0, 0.1) is 11.7 Å². The van der Waals surface area contributed by atoms with E-state index in [1.165, 1.54) is 11.6 Å². The first kappa shape index (κ1) is 19.6. The van der Waals surface area contributed by atoms with E-state index in [0.717, 1.165) is 30.6 Å². The summed E-state index contributed by atoms with van der Waals surface area (Å²) in [7, 11) is 2.05. The van der Waals surface area contributed by atoms with Crippen molar-refractivity contribution >= 4 is 23.2 Å². The minimum atomic E-state index is -0.381. The fraction of sp³-hybridized carbons (Fsp3) is 0.381. The molecule has 6 heteroatoms. The summed E-state index contributed by atoms with van der Waals surface area (Å²) in [5.74, 6) is 0.293. The lowest BCUT2D eigenvalue weighted by Gasteiger charge is -2.25. The van der Waals surface area contributed by atoms with Gasteiger partial charge in [-0.2, -0.15) is 0 Å². The van der Waals surface area contributed by atoms with E-state index in [-0.39, 0.29) is 22.8 Å². The van der Waals surface area contributed by atoms with Crippen molar-refractivity contribution in [3.05, 3.63) is 64.4 Å². The Morgan fingerprint density at radius 3 is 2.70 bits per heavy atom. The van der Waals surface area contributed by atoms with E-state index in [0.29, 0.717) is 12.5 Å². The summed E-state index contributed by atoms with van der Waals surface area (Å²) in [5, 5.41) is 3.29. The van der Waals surface area contributed by atoms with Crippen molar-refractivity contribution in [3.63, 3.8) is 0 Å². The molecule has 0 radical (unpaired) electrons. The number of nitrogens with two attached hydrogens (primary N) is 1. The van der Waals surface area contributed by atoms with E-state index in [1.807, 2.05) is 18.2 Å². The zero-order valence-corrected chi connectivity index (χ0v) is 16.5. The lowest BCUT2D eigenvalue weighted by molar-refractivity contribution is 0.279. The molecule has 3 N–H and O–H groups in total. The van der Waals surface area contributed by atoms with Crippen LogP contribution >= 0.6 is 11.6 Å². The number of likely N-dealkylation sites (tertiary alicyclic amines) is 1. The molecule has 2 aromatic carbocycles. The van der Waals surface area contributed by atoms with Gasteiger partial charge in [-0.15, -0.1) is 0 Å². The smallest absolute Gasteiger partial charge is 0.193 e. The average Bonchev–Trinajstić information content (AvgIpc) is 3.03. The van der Waals surface area contributed by atoms with E-state index >= 15 is 0 Å². The number of aryl methyl sites for hydroxylation is 1. The van der Waals surface area contributed by atoms with Gasteiger partial charge in [-0.1, -0.05) is 36.7 Å². The first-order chi connectivity index (χ1) is 13.0. The van der Waals surface area contributed by atoms with Crippen molar-refractivity contribution in [2.45, 2.75) is 25.8 Å². The third-order valence-electron chi connectivity index (χ3n) is 5.19. The first-order valence-corrected chi connectivity index (χ1v) is 9.66. The maximum atomic E-state index is 13.9. The van der Waals surface area contributed by atoms with Crippen molar-refractivity contribution in [3.8, 4) is 0 Å². The number of benzene rings is 2. The highest BCUT2D eigenvalue weighted by molar-refractivity contribution is 6.30. The fourth-order valence-electron chi connectivity index (χ4n) is 3.67. The number of hydrogen-bond acceptors (Lipinski definition) is 2. The Morgan fingerprint density at radius 2 is 2.04 bits per heavy atom. The predicted octanol–water partition coefficient (Wildman–Crippen LogP) is 4.46. The Bertz CT molecular complexity index is 806. The van der Waals surface area contributed by atoms with Gasteiger partial charge < -0.3 is 11.1 Å². The van der Waals surface area contributed by atoms with Crippen LogP contribution in [0.1, 0.15) is 30.5 Å². The Kier molecular flexibility index (Phi) is 6.34. The summed E-state index contributed by atoms with van der Waals surface area (Å²) in [5.41, 5.74) is 9.20. The Balaban J connectivity index is 1.67. The van der Waals surface area contributed by atoms with Gasteiger partial charge in [0, 0.05) is 18.3 Å². The topological polar surface area (TPSA) is 53.6 Å². The van der Waals surface area contributed by atoms with E-state index < -0.39 is 0 Å². The van der Waals surface area contributed by atoms with Crippen LogP contribution in [0.5, 0.6) is 0 Å². The summed E-state index contributed by atoms with van der Waals surface area (Å²) < 4.78 is 13.9. The molecule has 0 spiro atoms. The van der Waals surface area contributed by atoms with E-state index in [9.17, 15) is 4.39 Å².